The first-order valence-electron chi connectivity index (χ1n) is 9.55. The van der Waals surface area contributed by atoms with E-state index < -0.39 is 0 Å². The van der Waals surface area contributed by atoms with Gasteiger partial charge in [-0.15, -0.1) is 0 Å². The van der Waals surface area contributed by atoms with Crippen LogP contribution in [0.25, 0.3) is 0 Å². The van der Waals surface area contributed by atoms with Gasteiger partial charge in [0.05, 0.1) is 6.04 Å². The standard InChI is InChI=1S/C20H33N5O/c1-21-20(23-14-12-17-9-5-4-6-10-17)22-13-8-16-25-15-7-11-18(25)19(26)24(2)3/h4-6,9-10,18H,7-8,11-16H2,1-3H3,(H2,21,22,23). The lowest BCUT2D eigenvalue weighted by Crippen LogP contribution is -2.44. The first kappa shape index (κ1) is 20.2. The number of carbonyl (C=O) groups is 1. The summed E-state index contributed by atoms with van der Waals surface area (Å²) in [5, 5.41) is 6.72. The largest absolute Gasteiger partial charge is 0.356 e. The molecule has 2 N–H and O–H groups in total. The zero-order valence-corrected chi connectivity index (χ0v) is 16.4. The van der Waals surface area contributed by atoms with Crippen LogP contribution < -0.4 is 10.6 Å². The Morgan fingerprint density at radius 2 is 1.96 bits per heavy atom. The van der Waals surface area contributed by atoms with E-state index in [-0.39, 0.29) is 11.9 Å². The summed E-state index contributed by atoms with van der Waals surface area (Å²) in [5.41, 5.74) is 1.32. The van der Waals surface area contributed by atoms with E-state index in [1.165, 1.54) is 5.56 Å². The molecule has 1 atom stereocenters. The molecule has 1 aromatic rings. The molecule has 0 saturated carbocycles. The highest BCUT2D eigenvalue weighted by Gasteiger charge is 2.30. The molecule has 0 radical (unpaired) electrons. The fourth-order valence-electron chi connectivity index (χ4n) is 3.35. The number of hydrogen-bond acceptors (Lipinski definition) is 3. The summed E-state index contributed by atoms with van der Waals surface area (Å²) in [6.07, 6.45) is 4.06. The molecular formula is C20H33N5O. The number of likely N-dealkylation sites (tertiary alicyclic amines) is 1. The third-order valence-electron chi connectivity index (χ3n) is 4.78. The van der Waals surface area contributed by atoms with Crippen molar-refractivity contribution in [1.29, 1.82) is 0 Å². The van der Waals surface area contributed by atoms with E-state index in [4.69, 9.17) is 0 Å². The summed E-state index contributed by atoms with van der Waals surface area (Å²) in [7, 11) is 5.47. The van der Waals surface area contributed by atoms with Crippen LogP contribution >= 0.6 is 0 Å². The zero-order valence-electron chi connectivity index (χ0n) is 16.4. The molecule has 1 fully saturated rings. The smallest absolute Gasteiger partial charge is 0.239 e. The highest BCUT2D eigenvalue weighted by molar-refractivity contribution is 5.81. The number of aliphatic imine (C=N–C) groups is 1. The molecule has 1 aliphatic rings. The number of guanidine groups is 1. The second-order valence-electron chi connectivity index (χ2n) is 6.94. The summed E-state index contributed by atoms with van der Waals surface area (Å²) in [6, 6.07) is 10.5. The number of benzene rings is 1. The number of nitrogens with zero attached hydrogens (tertiary/aromatic N) is 3. The van der Waals surface area contributed by atoms with E-state index in [1.54, 1.807) is 11.9 Å². The number of likely N-dealkylation sites (N-methyl/N-ethyl adjacent to an activating group) is 1. The maximum Gasteiger partial charge on any atom is 0.239 e. The van der Waals surface area contributed by atoms with Crippen molar-refractivity contribution in [3.8, 4) is 0 Å². The monoisotopic (exact) mass is 359 g/mol. The molecule has 0 bridgehead atoms. The number of rotatable bonds is 8. The Morgan fingerprint density at radius 1 is 1.23 bits per heavy atom. The normalized spacial score (nSPS) is 18.0. The third kappa shape index (κ3) is 6.33. The molecule has 6 heteroatoms. The second-order valence-corrected chi connectivity index (χ2v) is 6.94. The van der Waals surface area contributed by atoms with Crippen LogP contribution in [0.15, 0.2) is 35.3 Å². The van der Waals surface area contributed by atoms with E-state index in [9.17, 15) is 4.79 Å². The van der Waals surface area contributed by atoms with Gasteiger partial charge in [-0.1, -0.05) is 30.3 Å². The molecule has 0 spiro atoms. The highest BCUT2D eigenvalue weighted by Crippen LogP contribution is 2.18. The molecule has 1 heterocycles. The average molecular weight is 360 g/mol. The molecule has 6 nitrogen and oxygen atoms in total. The van der Waals surface area contributed by atoms with Gasteiger partial charge >= 0.3 is 0 Å². The minimum Gasteiger partial charge on any atom is -0.356 e. The molecule has 1 unspecified atom stereocenters. The van der Waals surface area contributed by atoms with Crippen molar-refractivity contribution in [3.63, 3.8) is 0 Å². The number of amides is 1. The average Bonchev–Trinajstić information content (AvgIpc) is 3.12. The van der Waals surface area contributed by atoms with Gasteiger partial charge in [0.2, 0.25) is 5.91 Å². The lowest BCUT2D eigenvalue weighted by Gasteiger charge is -2.26. The van der Waals surface area contributed by atoms with Crippen molar-refractivity contribution < 1.29 is 4.79 Å². The summed E-state index contributed by atoms with van der Waals surface area (Å²) < 4.78 is 0. The molecule has 0 aromatic heterocycles. The van der Waals surface area contributed by atoms with Crippen LogP contribution in [0, 0.1) is 0 Å². The Bertz CT molecular complexity index is 573. The summed E-state index contributed by atoms with van der Waals surface area (Å²) in [6.45, 7) is 3.67. The first-order valence-corrected chi connectivity index (χ1v) is 9.55. The SMILES string of the molecule is CN=C(NCCCN1CCCC1C(=O)N(C)C)NCCc1ccccc1. The molecule has 0 aliphatic carbocycles. The quantitative estimate of drug-likeness (QED) is 0.418. The second kappa shape index (κ2) is 10.8. The molecule has 1 amide bonds. The minimum absolute atomic E-state index is 0.0633. The Morgan fingerprint density at radius 3 is 2.65 bits per heavy atom. The van der Waals surface area contributed by atoms with Gasteiger partial charge in [0.15, 0.2) is 5.96 Å². The maximum absolute atomic E-state index is 12.2. The van der Waals surface area contributed by atoms with Crippen LogP contribution in [0.2, 0.25) is 0 Å². The number of carbonyl (C=O) groups excluding carboxylic acids is 1. The maximum atomic E-state index is 12.2. The van der Waals surface area contributed by atoms with Crippen LogP contribution in [-0.2, 0) is 11.2 Å². The van der Waals surface area contributed by atoms with E-state index in [0.717, 1.165) is 57.8 Å². The molecule has 1 aliphatic heterocycles. The van der Waals surface area contributed by atoms with Crippen LogP contribution in [-0.4, -0.2) is 75.0 Å². The van der Waals surface area contributed by atoms with E-state index in [1.807, 2.05) is 20.2 Å². The molecule has 26 heavy (non-hydrogen) atoms. The Balaban J connectivity index is 1.63. The van der Waals surface area contributed by atoms with Gasteiger partial charge < -0.3 is 15.5 Å². The summed E-state index contributed by atoms with van der Waals surface area (Å²) >= 11 is 0. The van der Waals surface area contributed by atoms with Crippen LogP contribution in [0.5, 0.6) is 0 Å². The van der Waals surface area contributed by atoms with Crippen molar-refractivity contribution in [3.05, 3.63) is 35.9 Å². The summed E-state index contributed by atoms with van der Waals surface area (Å²) in [4.78, 5) is 20.5. The van der Waals surface area contributed by atoms with Crippen molar-refractivity contribution in [2.24, 2.45) is 4.99 Å². The Labute approximate surface area is 157 Å². The molecule has 144 valence electrons. The predicted octanol–water partition coefficient (Wildman–Crippen LogP) is 1.34. The van der Waals surface area contributed by atoms with Crippen LogP contribution in [0.1, 0.15) is 24.8 Å². The van der Waals surface area contributed by atoms with Gasteiger partial charge in [-0.05, 0) is 37.8 Å². The van der Waals surface area contributed by atoms with E-state index >= 15 is 0 Å². The number of hydrogen-bond donors (Lipinski definition) is 2. The Hall–Kier alpha value is -2.08. The van der Waals surface area contributed by atoms with Gasteiger partial charge in [-0.2, -0.15) is 0 Å². The van der Waals surface area contributed by atoms with Gasteiger partial charge in [0.1, 0.15) is 0 Å². The highest BCUT2D eigenvalue weighted by atomic mass is 16.2. The fourth-order valence-corrected chi connectivity index (χ4v) is 3.35. The van der Waals surface area contributed by atoms with Gasteiger partial charge in [0, 0.05) is 40.8 Å². The van der Waals surface area contributed by atoms with Crippen molar-refractivity contribution >= 4 is 11.9 Å². The van der Waals surface area contributed by atoms with Crippen molar-refractivity contribution in [2.45, 2.75) is 31.7 Å². The zero-order chi connectivity index (χ0) is 18.8. The van der Waals surface area contributed by atoms with E-state index in [0.29, 0.717) is 0 Å². The minimum atomic E-state index is 0.0633. The first-order chi connectivity index (χ1) is 12.6. The van der Waals surface area contributed by atoms with Gasteiger partial charge in [-0.25, -0.2) is 0 Å². The molecule has 1 aromatic carbocycles. The van der Waals surface area contributed by atoms with Crippen molar-refractivity contribution in [2.75, 3.05) is 47.3 Å². The topological polar surface area (TPSA) is 60.0 Å². The fraction of sp³-hybridized carbons (Fsp3) is 0.600. The predicted molar refractivity (Wildman–Crippen MR) is 107 cm³/mol. The van der Waals surface area contributed by atoms with Gasteiger partial charge in [0.25, 0.3) is 0 Å². The third-order valence-corrected chi connectivity index (χ3v) is 4.78. The summed E-state index contributed by atoms with van der Waals surface area (Å²) in [5.74, 6) is 1.07. The number of nitrogens with one attached hydrogen (secondary N) is 2. The van der Waals surface area contributed by atoms with Crippen molar-refractivity contribution in [1.82, 2.24) is 20.4 Å². The lowest BCUT2D eigenvalue weighted by molar-refractivity contribution is -0.133. The molecule has 2 rings (SSSR count). The molecular weight excluding hydrogens is 326 g/mol. The van der Waals surface area contributed by atoms with Crippen LogP contribution in [0.3, 0.4) is 0 Å². The molecule has 1 saturated heterocycles. The van der Waals surface area contributed by atoms with Gasteiger partial charge in [-0.3, -0.25) is 14.7 Å². The lowest BCUT2D eigenvalue weighted by atomic mass is 10.1. The Kier molecular flexibility index (Phi) is 8.41. The van der Waals surface area contributed by atoms with E-state index in [2.05, 4.69) is 44.8 Å². The van der Waals surface area contributed by atoms with Crippen LogP contribution in [0.4, 0.5) is 0 Å².